The topological polar surface area (TPSA) is 27.5 Å². The lowest BCUT2D eigenvalue weighted by molar-refractivity contribution is -0.929. The molecular formula is C14H21NO. The Bertz CT molecular complexity index is 386. The minimum atomic E-state index is -0.197. The van der Waals surface area contributed by atoms with Gasteiger partial charge in [-0.25, -0.2) is 0 Å². The molecule has 2 unspecified atom stereocenters. The predicted molar refractivity (Wildman–Crippen MR) is 66.3 cm³/mol. The summed E-state index contributed by atoms with van der Waals surface area (Å²) >= 11 is 0. The van der Waals surface area contributed by atoms with Gasteiger partial charge in [0.25, 0.3) is 0 Å². The quantitative estimate of drug-likeness (QED) is 0.667. The van der Waals surface area contributed by atoms with Crippen LogP contribution in [-0.4, -0.2) is 5.54 Å². The highest BCUT2D eigenvalue weighted by Crippen LogP contribution is 2.32. The third kappa shape index (κ3) is 1.76. The molecule has 0 radical (unpaired) electrons. The van der Waals surface area contributed by atoms with E-state index in [0.717, 1.165) is 6.42 Å². The van der Waals surface area contributed by atoms with Crippen molar-refractivity contribution in [2.45, 2.75) is 51.6 Å². The lowest BCUT2D eigenvalue weighted by Crippen LogP contribution is -3.15. The van der Waals surface area contributed by atoms with Gasteiger partial charge in [0.05, 0.1) is 5.54 Å². The van der Waals surface area contributed by atoms with Crippen LogP contribution >= 0.6 is 0 Å². The van der Waals surface area contributed by atoms with Crippen molar-refractivity contribution in [2.24, 2.45) is 0 Å². The first-order valence-corrected chi connectivity index (χ1v) is 6.06. The summed E-state index contributed by atoms with van der Waals surface area (Å²) in [5.41, 5.74) is 2.39. The van der Waals surface area contributed by atoms with E-state index in [0.29, 0.717) is 11.0 Å². The molecular weight excluding hydrogens is 198 g/mol. The Morgan fingerprint density at radius 2 is 1.75 bits per heavy atom. The molecule has 1 aliphatic heterocycles. The number of hydroxylamine groups is 2. The molecule has 88 valence electrons. The fourth-order valence-corrected chi connectivity index (χ4v) is 3.06. The van der Waals surface area contributed by atoms with Crippen LogP contribution in [0.3, 0.4) is 0 Å². The molecule has 16 heavy (non-hydrogen) atoms. The highest BCUT2D eigenvalue weighted by Gasteiger charge is 2.36. The Balaban J connectivity index is 2.51. The van der Waals surface area contributed by atoms with Crippen LogP contribution in [0.2, 0.25) is 0 Å². The van der Waals surface area contributed by atoms with E-state index in [1.54, 1.807) is 0 Å². The molecule has 0 saturated carbocycles. The minimum absolute atomic E-state index is 0.0381. The van der Waals surface area contributed by atoms with Crippen molar-refractivity contribution in [1.29, 1.82) is 0 Å². The molecule has 3 atom stereocenters. The van der Waals surface area contributed by atoms with Crippen molar-refractivity contribution in [3.63, 3.8) is 0 Å². The van der Waals surface area contributed by atoms with Crippen LogP contribution in [0, 0.1) is 5.21 Å². The second kappa shape index (κ2) is 3.86. The van der Waals surface area contributed by atoms with Crippen molar-refractivity contribution >= 4 is 0 Å². The molecule has 2 rings (SSSR count). The smallest absolute Gasteiger partial charge is 0.111 e. The molecule has 1 aromatic rings. The van der Waals surface area contributed by atoms with Crippen molar-refractivity contribution in [3.8, 4) is 0 Å². The van der Waals surface area contributed by atoms with Crippen LogP contribution < -0.4 is 5.06 Å². The van der Waals surface area contributed by atoms with Crippen LogP contribution in [0.4, 0.5) is 0 Å². The number of rotatable bonds is 0. The van der Waals surface area contributed by atoms with Gasteiger partial charge in [0.15, 0.2) is 0 Å². The van der Waals surface area contributed by atoms with Crippen molar-refractivity contribution in [2.75, 3.05) is 0 Å². The zero-order valence-electron chi connectivity index (χ0n) is 10.6. The minimum Gasteiger partial charge on any atom is -0.633 e. The first kappa shape index (κ1) is 11.6. The molecule has 0 fully saturated rings. The van der Waals surface area contributed by atoms with E-state index in [9.17, 15) is 5.21 Å². The summed E-state index contributed by atoms with van der Waals surface area (Å²) in [6, 6.07) is 8.43. The lowest BCUT2D eigenvalue weighted by atomic mass is 9.87. The molecule has 2 heteroatoms. The zero-order valence-corrected chi connectivity index (χ0v) is 10.6. The lowest BCUT2D eigenvalue weighted by Gasteiger charge is -2.41. The van der Waals surface area contributed by atoms with Gasteiger partial charge in [0.1, 0.15) is 6.04 Å². The maximum Gasteiger partial charge on any atom is 0.111 e. The second-order valence-electron chi connectivity index (χ2n) is 5.70. The molecule has 0 amide bonds. The van der Waals surface area contributed by atoms with Crippen LogP contribution in [-0.2, 0) is 0 Å². The monoisotopic (exact) mass is 219 g/mol. The molecule has 0 aromatic heterocycles. The van der Waals surface area contributed by atoms with Crippen molar-refractivity contribution < 1.29 is 5.06 Å². The molecule has 1 N–H and O–H groups in total. The number of hydrogen-bond acceptors (Lipinski definition) is 1. The average Bonchev–Trinajstić information content (AvgIpc) is 2.31. The zero-order chi connectivity index (χ0) is 11.9. The predicted octanol–water partition coefficient (Wildman–Crippen LogP) is 2.42. The molecule has 0 spiro atoms. The van der Waals surface area contributed by atoms with Crippen LogP contribution in [0.15, 0.2) is 24.3 Å². The Kier molecular flexibility index (Phi) is 2.81. The van der Waals surface area contributed by atoms with Gasteiger partial charge >= 0.3 is 0 Å². The van der Waals surface area contributed by atoms with E-state index in [2.05, 4.69) is 39.0 Å². The van der Waals surface area contributed by atoms with Crippen LogP contribution in [0.25, 0.3) is 0 Å². The van der Waals surface area contributed by atoms with Gasteiger partial charge in [-0.15, -0.1) is 0 Å². The van der Waals surface area contributed by atoms with E-state index in [1.807, 2.05) is 13.0 Å². The normalized spacial score (nSPS) is 32.9. The van der Waals surface area contributed by atoms with Gasteiger partial charge in [-0.05, 0) is 32.3 Å². The molecule has 1 aromatic carbocycles. The number of quaternary nitrogens is 1. The first-order chi connectivity index (χ1) is 7.43. The highest BCUT2D eigenvalue weighted by atomic mass is 16.5. The number of benzene rings is 1. The molecule has 1 aliphatic rings. The second-order valence-corrected chi connectivity index (χ2v) is 5.70. The number of fused-ring (bicyclic) bond motifs is 1. The van der Waals surface area contributed by atoms with Crippen LogP contribution in [0.1, 0.15) is 57.2 Å². The first-order valence-electron chi connectivity index (χ1n) is 6.06. The van der Waals surface area contributed by atoms with E-state index in [1.165, 1.54) is 11.1 Å². The molecule has 0 aliphatic carbocycles. The maximum atomic E-state index is 12.4. The van der Waals surface area contributed by atoms with Gasteiger partial charge < -0.3 is 10.3 Å². The summed E-state index contributed by atoms with van der Waals surface area (Å²) in [4.78, 5) is 0. The van der Waals surface area contributed by atoms with Crippen molar-refractivity contribution in [3.05, 3.63) is 40.6 Å². The Morgan fingerprint density at radius 1 is 1.19 bits per heavy atom. The van der Waals surface area contributed by atoms with E-state index >= 15 is 0 Å². The average molecular weight is 219 g/mol. The summed E-state index contributed by atoms with van der Waals surface area (Å²) < 4.78 is 0. The fraction of sp³-hybridized carbons (Fsp3) is 0.571. The number of nitrogens with one attached hydrogen (secondary N) is 1. The fourth-order valence-electron chi connectivity index (χ4n) is 3.06. The molecule has 1 heterocycles. The van der Waals surface area contributed by atoms with Gasteiger partial charge in [-0.1, -0.05) is 31.2 Å². The SMILES string of the molecule is CC1c2ccccc2[C@@H](C)CC(C)(C)[NH+]1[O-]. The summed E-state index contributed by atoms with van der Waals surface area (Å²) in [6.07, 6.45) is 0.952. The van der Waals surface area contributed by atoms with E-state index in [-0.39, 0.29) is 11.6 Å². The Hall–Kier alpha value is -0.860. The Morgan fingerprint density at radius 3 is 2.38 bits per heavy atom. The number of hydrogen-bond donors (Lipinski definition) is 1. The van der Waals surface area contributed by atoms with Gasteiger partial charge in [-0.3, -0.25) is 0 Å². The third-order valence-corrected chi connectivity index (χ3v) is 3.87. The van der Waals surface area contributed by atoms with E-state index in [4.69, 9.17) is 0 Å². The van der Waals surface area contributed by atoms with Crippen molar-refractivity contribution in [1.82, 2.24) is 0 Å². The summed E-state index contributed by atoms with van der Waals surface area (Å²) in [5.74, 6) is 0.472. The van der Waals surface area contributed by atoms with Gasteiger partial charge in [-0.2, -0.15) is 0 Å². The summed E-state index contributed by atoms with van der Waals surface area (Å²) in [6.45, 7) is 8.43. The summed E-state index contributed by atoms with van der Waals surface area (Å²) in [7, 11) is 0. The maximum absolute atomic E-state index is 12.4. The standard InChI is InChI=1S/C14H21NO/c1-10-9-14(3,4)15(16)11(2)13-8-6-5-7-12(10)13/h5-8,10-11,15H,9H2,1-4H3/t10-,11?/m0/s1. The van der Waals surface area contributed by atoms with Gasteiger partial charge in [0, 0.05) is 12.0 Å². The largest absolute Gasteiger partial charge is 0.633 e. The van der Waals surface area contributed by atoms with E-state index < -0.39 is 0 Å². The highest BCUT2D eigenvalue weighted by molar-refractivity contribution is 5.32. The molecule has 0 bridgehead atoms. The molecule has 2 nitrogen and oxygen atoms in total. The Labute approximate surface area is 97.9 Å². The van der Waals surface area contributed by atoms with Crippen LogP contribution in [0.5, 0.6) is 0 Å². The summed E-state index contributed by atoms with van der Waals surface area (Å²) in [5, 5.41) is 12.8. The molecule has 0 saturated heterocycles. The third-order valence-electron chi connectivity index (χ3n) is 3.87. The van der Waals surface area contributed by atoms with Gasteiger partial charge in [0.2, 0.25) is 0 Å².